The summed E-state index contributed by atoms with van der Waals surface area (Å²) in [6.07, 6.45) is 1.29. The summed E-state index contributed by atoms with van der Waals surface area (Å²) in [7, 11) is 8.99. The van der Waals surface area contributed by atoms with Crippen LogP contribution in [0.5, 0.6) is 34.5 Å². The van der Waals surface area contributed by atoms with Crippen molar-refractivity contribution in [1.82, 2.24) is 0 Å². The maximum atomic E-state index is 12.5. The molecule has 0 saturated heterocycles. The summed E-state index contributed by atoms with van der Waals surface area (Å²) in [4.78, 5) is 24.9. The average Bonchev–Trinajstić information content (AvgIpc) is 2.85. The van der Waals surface area contributed by atoms with Gasteiger partial charge in [-0.1, -0.05) is 0 Å². The largest absolute Gasteiger partial charge is 0.493 e. The third-order valence-electron chi connectivity index (χ3n) is 4.89. The number of rotatable bonds is 14. The Bertz CT molecular complexity index is 918. The van der Waals surface area contributed by atoms with Gasteiger partial charge >= 0.3 is 0 Å². The topological polar surface area (TPSA) is 98.8 Å². The zero-order valence-electron chi connectivity index (χ0n) is 19.8. The maximum absolute atomic E-state index is 12.5. The first kappa shape index (κ1) is 25.8. The fourth-order valence-corrected chi connectivity index (χ4v) is 3.26. The second-order valence-electron chi connectivity index (χ2n) is 6.86. The Morgan fingerprint density at radius 1 is 0.667 bits per heavy atom. The number of Topliss-reactive ketones (excluding diaryl/α,β-unsaturated/α-hetero) is 2. The summed E-state index contributed by atoms with van der Waals surface area (Å²) in [5.41, 5.74) is 1.10. The Kier molecular flexibility index (Phi) is 9.81. The second kappa shape index (κ2) is 12.5. The van der Waals surface area contributed by atoms with Crippen LogP contribution in [0.25, 0.3) is 0 Å². The summed E-state index contributed by atoms with van der Waals surface area (Å²) in [6, 6.07) is 6.60. The zero-order chi connectivity index (χ0) is 24.4. The Morgan fingerprint density at radius 2 is 1.12 bits per heavy atom. The third kappa shape index (κ3) is 6.29. The van der Waals surface area contributed by atoms with Crippen LogP contribution in [0.1, 0.15) is 22.3 Å². The fraction of sp³-hybridized carbons (Fsp3) is 0.417. The third-order valence-corrected chi connectivity index (χ3v) is 4.89. The van der Waals surface area contributed by atoms with Crippen molar-refractivity contribution in [1.29, 1.82) is 0 Å². The Balaban J connectivity index is 1.93. The molecule has 0 amide bonds. The van der Waals surface area contributed by atoms with Gasteiger partial charge in [-0.3, -0.25) is 9.59 Å². The molecule has 180 valence electrons. The molecule has 2 aromatic rings. The molecule has 2 rings (SSSR count). The lowest BCUT2D eigenvalue weighted by atomic mass is 10.1. The highest BCUT2D eigenvalue weighted by molar-refractivity contribution is 6.44. The van der Waals surface area contributed by atoms with Crippen LogP contribution in [0, 0.1) is 0 Å². The summed E-state index contributed by atoms with van der Waals surface area (Å²) in [6.45, 7) is -0.0321. The van der Waals surface area contributed by atoms with Crippen LogP contribution in [0.2, 0.25) is 0 Å². The van der Waals surface area contributed by atoms with Gasteiger partial charge < -0.3 is 33.2 Å². The van der Waals surface area contributed by atoms with Crippen molar-refractivity contribution in [3.63, 3.8) is 0 Å². The molecule has 33 heavy (non-hydrogen) atoms. The second-order valence-corrected chi connectivity index (χ2v) is 6.86. The number of hydrogen-bond donors (Lipinski definition) is 0. The monoisotopic (exact) mass is 462 g/mol. The van der Waals surface area contributed by atoms with E-state index in [1.807, 2.05) is 12.1 Å². The standard InChI is InChI=1S/C24H30O9/c1-27-18-10-15(11-19(28-2)23(18)31-5)8-7-9-33-14-17(25)22(26)16-12-20(29-3)24(32-6)21(13-16)30-4/h10-13H,7-9,14H2,1-6H3. The normalized spacial score (nSPS) is 10.4. The molecule has 0 atom stereocenters. The van der Waals surface area contributed by atoms with Crippen molar-refractivity contribution >= 4 is 11.6 Å². The van der Waals surface area contributed by atoms with Gasteiger partial charge in [0.25, 0.3) is 0 Å². The zero-order valence-corrected chi connectivity index (χ0v) is 19.8. The number of ether oxygens (including phenoxy) is 7. The van der Waals surface area contributed by atoms with E-state index in [0.717, 1.165) is 5.56 Å². The number of methoxy groups -OCH3 is 6. The molecule has 0 heterocycles. The van der Waals surface area contributed by atoms with Crippen molar-refractivity contribution in [2.24, 2.45) is 0 Å². The molecule has 9 nitrogen and oxygen atoms in total. The van der Waals surface area contributed by atoms with E-state index in [0.29, 0.717) is 53.9 Å². The van der Waals surface area contributed by atoms with E-state index >= 15 is 0 Å². The number of hydrogen-bond acceptors (Lipinski definition) is 9. The van der Waals surface area contributed by atoms with Gasteiger partial charge in [-0.2, -0.15) is 0 Å². The molecule has 0 aliphatic heterocycles. The predicted octanol–water partition coefficient (Wildman–Crippen LogP) is 3.14. The van der Waals surface area contributed by atoms with Gasteiger partial charge in [0.15, 0.2) is 23.0 Å². The molecule has 0 bridgehead atoms. The summed E-state index contributed by atoms with van der Waals surface area (Å²) >= 11 is 0. The highest BCUT2D eigenvalue weighted by Crippen LogP contribution is 2.39. The fourth-order valence-electron chi connectivity index (χ4n) is 3.26. The predicted molar refractivity (Wildman–Crippen MR) is 121 cm³/mol. The Hall–Kier alpha value is -3.46. The van der Waals surface area contributed by atoms with Crippen molar-refractivity contribution < 1.29 is 42.7 Å². The molecule has 0 aliphatic carbocycles. The molecule has 0 saturated carbocycles. The number of ketones is 2. The minimum Gasteiger partial charge on any atom is -0.493 e. The summed E-state index contributed by atoms with van der Waals surface area (Å²) in [5.74, 6) is 1.22. The minimum atomic E-state index is -0.695. The van der Waals surface area contributed by atoms with Gasteiger partial charge in [-0.15, -0.1) is 0 Å². The van der Waals surface area contributed by atoms with E-state index < -0.39 is 11.6 Å². The lowest BCUT2D eigenvalue weighted by Crippen LogP contribution is -2.20. The van der Waals surface area contributed by atoms with E-state index in [4.69, 9.17) is 33.2 Å². The van der Waals surface area contributed by atoms with Crippen LogP contribution in [0.4, 0.5) is 0 Å². The van der Waals surface area contributed by atoms with Crippen molar-refractivity contribution in [3.05, 3.63) is 35.4 Å². The molecule has 0 spiro atoms. The van der Waals surface area contributed by atoms with Crippen molar-refractivity contribution in [2.75, 3.05) is 55.9 Å². The number of aryl methyl sites for hydroxylation is 1. The maximum Gasteiger partial charge on any atom is 0.231 e. The van der Waals surface area contributed by atoms with Crippen LogP contribution in [0.15, 0.2) is 24.3 Å². The Morgan fingerprint density at radius 3 is 1.55 bits per heavy atom. The molecule has 0 aliphatic rings. The van der Waals surface area contributed by atoms with Crippen LogP contribution in [0.3, 0.4) is 0 Å². The molecule has 2 aromatic carbocycles. The molecule has 0 unspecified atom stereocenters. The van der Waals surface area contributed by atoms with Crippen LogP contribution < -0.4 is 28.4 Å². The van der Waals surface area contributed by atoms with Crippen LogP contribution >= 0.6 is 0 Å². The summed E-state index contributed by atoms with van der Waals surface area (Å²) in [5, 5.41) is 0. The number of carbonyl (C=O) groups is 2. The quantitative estimate of drug-likeness (QED) is 0.238. The number of benzene rings is 2. The molecular formula is C24H30O9. The van der Waals surface area contributed by atoms with Gasteiger partial charge in [-0.25, -0.2) is 0 Å². The van der Waals surface area contributed by atoms with E-state index in [1.165, 1.54) is 33.5 Å². The van der Waals surface area contributed by atoms with Crippen molar-refractivity contribution in [2.45, 2.75) is 12.8 Å². The van der Waals surface area contributed by atoms with E-state index in [1.54, 1.807) is 21.3 Å². The van der Waals surface area contributed by atoms with Crippen LogP contribution in [-0.2, 0) is 16.0 Å². The lowest BCUT2D eigenvalue weighted by Gasteiger charge is -2.14. The molecule has 0 fully saturated rings. The highest BCUT2D eigenvalue weighted by Gasteiger charge is 2.22. The first-order valence-corrected chi connectivity index (χ1v) is 10.2. The molecule has 0 N–H and O–H groups in total. The van der Waals surface area contributed by atoms with E-state index in [-0.39, 0.29) is 12.2 Å². The highest BCUT2D eigenvalue weighted by atomic mass is 16.5. The SMILES string of the molecule is COc1cc(CCCOCC(=O)C(=O)c2cc(OC)c(OC)c(OC)c2)cc(OC)c1OC. The molecular weight excluding hydrogens is 432 g/mol. The van der Waals surface area contributed by atoms with Crippen molar-refractivity contribution in [3.8, 4) is 34.5 Å². The van der Waals surface area contributed by atoms with E-state index in [9.17, 15) is 9.59 Å². The van der Waals surface area contributed by atoms with Gasteiger partial charge in [0.05, 0.1) is 42.7 Å². The smallest absolute Gasteiger partial charge is 0.231 e. The van der Waals surface area contributed by atoms with Crippen LogP contribution in [-0.4, -0.2) is 67.4 Å². The molecule has 9 heteroatoms. The average molecular weight is 462 g/mol. The summed E-state index contributed by atoms with van der Waals surface area (Å²) < 4.78 is 37.1. The molecule has 0 radical (unpaired) electrons. The Labute approximate surface area is 193 Å². The lowest BCUT2D eigenvalue weighted by molar-refractivity contribution is -0.119. The first-order chi connectivity index (χ1) is 15.9. The first-order valence-electron chi connectivity index (χ1n) is 10.2. The number of carbonyl (C=O) groups excluding carboxylic acids is 2. The minimum absolute atomic E-state index is 0.135. The van der Waals surface area contributed by atoms with Gasteiger partial charge in [0.2, 0.25) is 23.1 Å². The van der Waals surface area contributed by atoms with E-state index in [2.05, 4.69) is 0 Å². The van der Waals surface area contributed by atoms with Gasteiger partial charge in [-0.05, 0) is 42.7 Å². The van der Waals surface area contributed by atoms with Gasteiger partial charge in [0, 0.05) is 12.2 Å². The molecule has 0 aromatic heterocycles. The van der Waals surface area contributed by atoms with Gasteiger partial charge in [0.1, 0.15) is 6.61 Å².